The van der Waals surface area contributed by atoms with Crippen molar-refractivity contribution in [2.24, 2.45) is 0 Å². The van der Waals surface area contributed by atoms with E-state index in [1.54, 1.807) is 27.7 Å². The lowest BCUT2D eigenvalue weighted by Crippen LogP contribution is -2.41. The summed E-state index contributed by atoms with van der Waals surface area (Å²) in [6.07, 6.45) is 0. The van der Waals surface area contributed by atoms with Gasteiger partial charge in [-0.25, -0.2) is 0 Å². The van der Waals surface area contributed by atoms with Crippen LogP contribution in [-0.4, -0.2) is 23.3 Å². The number of hydrogen-bond acceptors (Lipinski definition) is 3. The van der Waals surface area contributed by atoms with Crippen molar-refractivity contribution in [3.63, 3.8) is 0 Å². The second-order valence-corrected chi connectivity index (χ2v) is 5.06. The van der Waals surface area contributed by atoms with Gasteiger partial charge in [0, 0.05) is 25.1 Å². The van der Waals surface area contributed by atoms with Gasteiger partial charge < -0.3 is 9.31 Å². The highest BCUT2D eigenvalue weighted by molar-refractivity contribution is 6.62. The second kappa shape index (κ2) is 3.82. The Morgan fingerprint density at radius 3 is 2.35 bits per heavy atom. The minimum atomic E-state index is -2.80. The van der Waals surface area contributed by atoms with E-state index in [0.717, 1.165) is 0 Å². The van der Waals surface area contributed by atoms with E-state index in [2.05, 4.69) is 4.98 Å². The maximum atomic E-state index is 8.17. The standard InChI is InChI=1S/C13H20BNO2/c1-9-7-8-11(10(2)15-9)14-16-12(3,4)13(5,6)17-14/h7-8H,1-6H3/i1D3,2D3,7D,8D. The Bertz CT molecular complexity index is 683. The second-order valence-electron chi connectivity index (χ2n) is 5.06. The molecule has 3 nitrogen and oxygen atoms in total. The van der Waals surface area contributed by atoms with Crippen LogP contribution in [0.2, 0.25) is 0 Å². The van der Waals surface area contributed by atoms with Crippen LogP contribution in [0.1, 0.15) is 50.0 Å². The molecule has 1 aromatic heterocycles. The average Bonchev–Trinajstić information content (AvgIpc) is 2.58. The van der Waals surface area contributed by atoms with Crippen LogP contribution in [0.4, 0.5) is 0 Å². The molecule has 1 aromatic rings. The lowest BCUT2D eigenvalue weighted by Gasteiger charge is -2.32. The molecule has 1 aliphatic heterocycles. The number of aromatic nitrogens is 1. The molecule has 0 atom stereocenters. The Morgan fingerprint density at radius 2 is 1.82 bits per heavy atom. The van der Waals surface area contributed by atoms with E-state index in [9.17, 15) is 0 Å². The van der Waals surface area contributed by atoms with Crippen molar-refractivity contribution in [3.05, 3.63) is 23.5 Å². The first kappa shape index (κ1) is 5.85. The molecule has 0 aromatic carbocycles. The summed E-state index contributed by atoms with van der Waals surface area (Å²) in [5.41, 5.74) is -3.11. The third-order valence-corrected chi connectivity index (χ3v) is 3.28. The van der Waals surface area contributed by atoms with Gasteiger partial charge in [-0.1, -0.05) is 6.04 Å². The van der Waals surface area contributed by atoms with Crippen LogP contribution in [0, 0.1) is 13.7 Å². The first-order chi connectivity index (χ1) is 11.0. The maximum absolute atomic E-state index is 8.17. The summed E-state index contributed by atoms with van der Waals surface area (Å²) in [5, 5.41) is 0. The predicted octanol–water partition coefficient (Wildman–Crippen LogP) is 2.00. The molecule has 0 saturated carbocycles. The molecule has 0 amide bonds. The molecule has 0 N–H and O–H groups in total. The molecule has 2 heterocycles. The highest BCUT2D eigenvalue weighted by Crippen LogP contribution is 2.36. The fourth-order valence-corrected chi connectivity index (χ4v) is 1.52. The van der Waals surface area contributed by atoms with Crippen molar-refractivity contribution in [2.45, 2.75) is 52.6 Å². The SMILES string of the molecule is [2H]c1c(C([2H])([2H])[2H])nc(C([2H])([2H])[2H])c(B2OC(C)(C)C(C)(C)O2)c1[2H]. The van der Waals surface area contributed by atoms with E-state index in [1.165, 1.54) is 0 Å². The largest absolute Gasteiger partial charge is 0.496 e. The van der Waals surface area contributed by atoms with Crippen LogP contribution in [0.25, 0.3) is 0 Å². The number of hydrogen-bond donors (Lipinski definition) is 0. The normalized spacial score (nSPS) is 30.2. The van der Waals surface area contributed by atoms with E-state index in [1.807, 2.05) is 0 Å². The molecule has 0 aliphatic carbocycles. The van der Waals surface area contributed by atoms with Crippen LogP contribution < -0.4 is 5.46 Å². The van der Waals surface area contributed by atoms with E-state index < -0.39 is 55.5 Å². The quantitative estimate of drug-likeness (QED) is 0.705. The van der Waals surface area contributed by atoms with Gasteiger partial charge in [-0.2, -0.15) is 0 Å². The molecule has 1 aliphatic rings. The zero-order valence-corrected chi connectivity index (χ0v) is 10.3. The monoisotopic (exact) mass is 241 g/mol. The Hall–Kier alpha value is -0.865. The predicted molar refractivity (Wildman–Crippen MR) is 69.4 cm³/mol. The Labute approximate surface area is 115 Å². The minimum absolute atomic E-state index is 0.225. The molecule has 17 heavy (non-hydrogen) atoms. The fraction of sp³-hybridized carbons (Fsp3) is 0.615. The van der Waals surface area contributed by atoms with Crippen LogP contribution in [-0.2, 0) is 9.31 Å². The maximum Gasteiger partial charge on any atom is 0.496 e. The Morgan fingerprint density at radius 1 is 1.18 bits per heavy atom. The highest BCUT2D eigenvalue weighted by atomic mass is 16.7. The van der Waals surface area contributed by atoms with E-state index in [-0.39, 0.29) is 5.46 Å². The first-order valence-corrected chi connectivity index (χ1v) is 5.37. The molecule has 0 spiro atoms. The van der Waals surface area contributed by atoms with Gasteiger partial charge in [-0.3, -0.25) is 4.98 Å². The van der Waals surface area contributed by atoms with Gasteiger partial charge in [0.1, 0.15) is 0 Å². The topological polar surface area (TPSA) is 31.4 Å². The number of pyridine rings is 1. The van der Waals surface area contributed by atoms with Gasteiger partial charge in [0.25, 0.3) is 0 Å². The number of nitrogens with zero attached hydrogens (tertiary/aromatic N) is 1. The van der Waals surface area contributed by atoms with Gasteiger partial charge in [0.05, 0.1) is 13.9 Å². The van der Waals surface area contributed by atoms with Crippen LogP contribution >= 0.6 is 0 Å². The van der Waals surface area contributed by atoms with Gasteiger partial charge in [0.15, 0.2) is 0 Å². The highest BCUT2D eigenvalue weighted by Gasteiger charge is 2.52. The molecule has 92 valence electrons. The van der Waals surface area contributed by atoms with Crippen LogP contribution in [0.3, 0.4) is 0 Å². The lowest BCUT2D eigenvalue weighted by atomic mass is 9.78. The van der Waals surface area contributed by atoms with Crippen molar-refractivity contribution in [3.8, 4) is 0 Å². The van der Waals surface area contributed by atoms with E-state index in [4.69, 9.17) is 20.3 Å². The summed E-state index contributed by atoms with van der Waals surface area (Å²) in [7, 11) is -1.23. The summed E-state index contributed by atoms with van der Waals surface area (Å²) < 4.78 is 73.0. The Kier molecular flexibility index (Phi) is 1.31. The summed E-state index contributed by atoms with van der Waals surface area (Å²) in [5.74, 6) is 0. The van der Waals surface area contributed by atoms with Crippen molar-refractivity contribution in [2.75, 3.05) is 0 Å². The van der Waals surface area contributed by atoms with E-state index >= 15 is 0 Å². The van der Waals surface area contributed by atoms with Crippen LogP contribution in [0.5, 0.6) is 0 Å². The molecular formula is C13H20BNO2. The van der Waals surface area contributed by atoms with E-state index in [0.29, 0.717) is 0 Å². The molecule has 1 saturated heterocycles. The lowest BCUT2D eigenvalue weighted by molar-refractivity contribution is 0.00578. The molecule has 4 heteroatoms. The average molecular weight is 241 g/mol. The van der Waals surface area contributed by atoms with Gasteiger partial charge >= 0.3 is 7.12 Å². The van der Waals surface area contributed by atoms with Crippen molar-refractivity contribution >= 4 is 12.6 Å². The molecule has 0 unspecified atom stereocenters. The minimum Gasteiger partial charge on any atom is -0.399 e. The zero-order valence-electron chi connectivity index (χ0n) is 18.3. The van der Waals surface area contributed by atoms with Gasteiger partial charge in [0.2, 0.25) is 0 Å². The third-order valence-electron chi connectivity index (χ3n) is 3.28. The van der Waals surface area contributed by atoms with Crippen LogP contribution in [0.15, 0.2) is 12.1 Å². The summed E-state index contributed by atoms with van der Waals surface area (Å²) in [6, 6.07) is -1.22. The number of aryl methyl sites for hydroxylation is 2. The van der Waals surface area contributed by atoms with Gasteiger partial charge in [-0.15, -0.1) is 0 Å². The first-order valence-electron chi connectivity index (χ1n) is 9.37. The van der Waals surface area contributed by atoms with Crippen molar-refractivity contribution in [1.29, 1.82) is 0 Å². The molecular weight excluding hydrogens is 213 g/mol. The number of rotatable bonds is 1. The molecule has 0 radical (unpaired) electrons. The van der Waals surface area contributed by atoms with Crippen molar-refractivity contribution in [1.82, 2.24) is 4.98 Å². The summed E-state index contributed by atoms with van der Waals surface area (Å²) in [4.78, 5) is 3.72. The summed E-state index contributed by atoms with van der Waals surface area (Å²) in [6.45, 7) is 1.45. The fourth-order valence-electron chi connectivity index (χ4n) is 1.52. The molecule has 2 rings (SSSR count). The molecule has 1 fully saturated rings. The third kappa shape index (κ3) is 2.12. The summed E-state index contributed by atoms with van der Waals surface area (Å²) >= 11 is 0. The Balaban J connectivity index is 2.73. The molecule has 0 bridgehead atoms. The van der Waals surface area contributed by atoms with Gasteiger partial charge in [-0.05, 0) is 47.4 Å². The smallest absolute Gasteiger partial charge is 0.399 e. The zero-order chi connectivity index (χ0) is 19.6. The van der Waals surface area contributed by atoms with Crippen molar-refractivity contribution < 1.29 is 20.3 Å².